The van der Waals surface area contributed by atoms with Crippen LogP contribution in [0, 0.1) is 5.41 Å². The van der Waals surface area contributed by atoms with Crippen LogP contribution in [-0.4, -0.2) is 12.2 Å². The zero-order chi connectivity index (χ0) is 12.3. The predicted molar refractivity (Wildman–Crippen MR) is 64.9 cm³/mol. The molecule has 0 saturated heterocycles. The summed E-state index contributed by atoms with van der Waals surface area (Å²) in [7, 11) is 0. The molecule has 4 heteroatoms. The molecule has 0 aliphatic rings. The maximum atomic E-state index is 11.7. The molecule has 0 radical (unpaired) electrons. The molecule has 0 saturated carbocycles. The standard InChI is InChI=1S/C12H14ClNO2/c1-12(2,3)11(16)14-10-5-4-9(13)6-8(10)7-15/h4-7H,1-3H3,(H,14,16). The first-order valence-electron chi connectivity index (χ1n) is 4.91. The second-order valence-electron chi connectivity index (χ2n) is 4.55. The van der Waals surface area contributed by atoms with Gasteiger partial charge in [-0.25, -0.2) is 0 Å². The van der Waals surface area contributed by atoms with Crippen LogP contribution in [0.3, 0.4) is 0 Å². The van der Waals surface area contributed by atoms with Crippen LogP contribution >= 0.6 is 11.6 Å². The lowest BCUT2D eigenvalue weighted by Gasteiger charge is -2.18. The smallest absolute Gasteiger partial charge is 0.229 e. The molecular formula is C12H14ClNO2. The summed E-state index contributed by atoms with van der Waals surface area (Å²) in [5.41, 5.74) is 0.365. The summed E-state index contributed by atoms with van der Waals surface area (Å²) in [6.07, 6.45) is 0.671. The van der Waals surface area contributed by atoms with E-state index in [4.69, 9.17) is 11.6 Å². The summed E-state index contributed by atoms with van der Waals surface area (Å²) in [6.45, 7) is 5.41. The molecule has 3 nitrogen and oxygen atoms in total. The number of benzene rings is 1. The van der Waals surface area contributed by atoms with Gasteiger partial charge in [-0.3, -0.25) is 9.59 Å². The molecule has 0 aliphatic heterocycles. The van der Waals surface area contributed by atoms with Gasteiger partial charge in [0, 0.05) is 16.0 Å². The van der Waals surface area contributed by atoms with E-state index in [2.05, 4.69) is 5.32 Å². The minimum atomic E-state index is -0.500. The van der Waals surface area contributed by atoms with Crippen molar-refractivity contribution in [2.24, 2.45) is 5.41 Å². The number of carbonyl (C=O) groups excluding carboxylic acids is 2. The van der Waals surface area contributed by atoms with Crippen molar-refractivity contribution in [1.82, 2.24) is 0 Å². The van der Waals surface area contributed by atoms with E-state index in [9.17, 15) is 9.59 Å². The number of hydrogen-bond acceptors (Lipinski definition) is 2. The van der Waals surface area contributed by atoms with Crippen molar-refractivity contribution in [1.29, 1.82) is 0 Å². The van der Waals surface area contributed by atoms with Crippen LogP contribution in [0.25, 0.3) is 0 Å². The van der Waals surface area contributed by atoms with Crippen molar-refractivity contribution in [3.63, 3.8) is 0 Å². The fourth-order valence-corrected chi connectivity index (χ4v) is 1.24. The maximum Gasteiger partial charge on any atom is 0.229 e. The minimum absolute atomic E-state index is 0.141. The maximum absolute atomic E-state index is 11.7. The molecule has 0 heterocycles. The quantitative estimate of drug-likeness (QED) is 0.806. The second kappa shape index (κ2) is 4.66. The summed E-state index contributed by atoms with van der Waals surface area (Å²) in [4.78, 5) is 22.5. The number of rotatable bonds is 2. The van der Waals surface area contributed by atoms with Crippen LogP contribution in [0.1, 0.15) is 31.1 Å². The van der Waals surface area contributed by atoms with Gasteiger partial charge in [0.05, 0.1) is 5.69 Å². The number of carbonyl (C=O) groups is 2. The SMILES string of the molecule is CC(C)(C)C(=O)Nc1ccc(Cl)cc1C=O. The molecule has 0 fully saturated rings. The lowest BCUT2D eigenvalue weighted by Crippen LogP contribution is -2.28. The Hall–Kier alpha value is -1.35. The molecule has 0 unspecified atom stereocenters. The fourth-order valence-electron chi connectivity index (χ4n) is 1.05. The number of nitrogens with one attached hydrogen (secondary N) is 1. The molecule has 16 heavy (non-hydrogen) atoms. The third-order valence-corrected chi connectivity index (χ3v) is 2.31. The van der Waals surface area contributed by atoms with Gasteiger partial charge in [-0.05, 0) is 18.2 Å². The van der Waals surface area contributed by atoms with Gasteiger partial charge in [0.15, 0.2) is 6.29 Å². The molecule has 1 N–H and O–H groups in total. The highest BCUT2D eigenvalue weighted by molar-refractivity contribution is 6.31. The highest BCUT2D eigenvalue weighted by atomic mass is 35.5. The van der Waals surface area contributed by atoms with Gasteiger partial charge in [0.2, 0.25) is 5.91 Å². The summed E-state index contributed by atoms with van der Waals surface area (Å²) in [5.74, 6) is -0.141. The molecule has 0 bridgehead atoms. The number of aldehydes is 1. The van der Waals surface area contributed by atoms with Gasteiger partial charge in [-0.2, -0.15) is 0 Å². The van der Waals surface area contributed by atoms with E-state index >= 15 is 0 Å². The van der Waals surface area contributed by atoms with E-state index in [0.717, 1.165) is 0 Å². The van der Waals surface area contributed by atoms with Gasteiger partial charge in [-0.15, -0.1) is 0 Å². The Balaban J connectivity index is 2.98. The second-order valence-corrected chi connectivity index (χ2v) is 4.99. The van der Waals surface area contributed by atoms with Gasteiger partial charge >= 0.3 is 0 Å². The number of anilines is 1. The van der Waals surface area contributed by atoms with Crippen molar-refractivity contribution in [2.45, 2.75) is 20.8 Å². The monoisotopic (exact) mass is 239 g/mol. The molecule has 1 aromatic rings. The summed E-state index contributed by atoms with van der Waals surface area (Å²) >= 11 is 5.75. The Morgan fingerprint density at radius 2 is 2.00 bits per heavy atom. The lowest BCUT2D eigenvalue weighted by atomic mass is 9.95. The van der Waals surface area contributed by atoms with Gasteiger partial charge in [0.25, 0.3) is 0 Å². The Kier molecular flexibility index (Phi) is 3.70. The van der Waals surface area contributed by atoms with Gasteiger partial charge in [0.1, 0.15) is 0 Å². The molecule has 1 aromatic carbocycles. The van der Waals surface area contributed by atoms with Gasteiger partial charge < -0.3 is 5.32 Å². The van der Waals surface area contributed by atoms with Crippen LogP contribution in [-0.2, 0) is 4.79 Å². The topological polar surface area (TPSA) is 46.2 Å². The van der Waals surface area contributed by atoms with Crippen LogP contribution in [0.5, 0.6) is 0 Å². The summed E-state index contributed by atoms with van der Waals surface area (Å²) < 4.78 is 0. The van der Waals surface area contributed by atoms with Crippen LogP contribution in [0.15, 0.2) is 18.2 Å². The first kappa shape index (κ1) is 12.7. The van der Waals surface area contributed by atoms with Crippen LogP contribution < -0.4 is 5.32 Å². The van der Waals surface area contributed by atoms with Crippen molar-refractivity contribution < 1.29 is 9.59 Å². The van der Waals surface area contributed by atoms with Crippen LogP contribution in [0.2, 0.25) is 5.02 Å². The minimum Gasteiger partial charge on any atom is -0.325 e. The normalized spacial score (nSPS) is 11.0. The van der Waals surface area contributed by atoms with E-state index in [0.29, 0.717) is 22.6 Å². The van der Waals surface area contributed by atoms with Crippen molar-refractivity contribution in [3.8, 4) is 0 Å². The third kappa shape index (κ3) is 3.07. The third-order valence-electron chi connectivity index (χ3n) is 2.07. The van der Waals surface area contributed by atoms with E-state index in [1.165, 1.54) is 6.07 Å². The lowest BCUT2D eigenvalue weighted by molar-refractivity contribution is -0.123. The van der Waals surface area contributed by atoms with Gasteiger partial charge in [-0.1, -0.05) is 32.4 Å². The molecular weight excluding hydrogens is 226 g/mol. The molecule has 0 aliphatic carbocycles. The van der Waals surface area contributed by atoms with Crippen molar-refractivity contribution >= 4 is 29.5 Å². The Morgan fingerprint density at radius 3 is 2.50 bits per heavy atom. The molecule has 1 amide bonds. The first-order chi connectivity index (χ1) is 7.34. The number of hydrogen-bond donors (Lipinski definition) is 1. The number of amides is 1. The summed E-state index contributed by atoms with van der Waals surface area (Å²) in [6, 6.07) is 4.77. The predicted octanol–water partition coefficient (Wildman–Crippen LogP) is 3.14. The average Bonchev–Trinajstić information content (AvgIpc) is 2.19. The van der Waals surface area contributed by atoms with Crippen molar-refractivity contribution in [2.75, 3.05) is 5.32 Å². The van der Waals surface area contributed by atoms with Crippen LogP contribution in [0.4, 0.5) is 5.69 Å². The Labute approximate surface area is 99.8 Å². The largest absolute Gasteiger partial charge is 0.325 e. The zero-order valence-electron chi connectivity index (χ0n) is 9.50. The molecule has 86 valence electrons. The molecule has 0 atom stereocenters. The Morgan fingerprint density at radius 1 is 1.38 bits per heavy atom. The van der Waals surface area contributed by atoms with E-state index in [-0.39, 0.29) is 5.91 Å². The number of halogens is 1. The van der Waals surface area contributed by atoms with E-state index in [1.807, 2.05) is 0 Å². The average molecular weight is 240 g/mol. The fraction of sp³-hybridized carbons (Fsp3) is 0.333. The van der Waals surface area contributed by atoms with E-state index < -0.39 is 5.41 Å². The summed E-state index contributed by atoms with van der Waals surface area (Å²) in [5, 5.41) is 3.17. The first-order valence-corrected chi connectivity index (χ1v) is 5.28. The zero-order valence-corrected chi connectivity index (χ0v) is 10.3. The highest BCUT2D eigenvalue weighted by Gasteiger charge is 2.21. The van der Waals surface area contributed by atoms with Crippen molar-refractivity contribution in [3.05, 3.63) is 28.8 Å². The molecule has 0 spiro atoms. The highest BCUT2D eigenvalue weighted by Crippen LogP contribution is 2.22. The molecule has 1 rings (SSSR count). The molecule has 0 aromatic heterocycles. The van der Waals surface area contributed by atoms with E-state index in [1.54, 1.807) is 32.9 Å². The Bertz CT molecular complexity index is 422.